The number of fused-ring (bicyclic) bond motifs is 1. The Labute approximate surface area is 149 Å². The number of nitrogens with zero attached hydrogens (tertiary/aromatic N) is 4. The zero-order valence-electron chi connectivity index (χ0n) is 13.7. The second kappa shape index (κ2) is 7.11. The highest BCUT2D eigenvalue weighted by Crippen LogP contribution is 2.30. The molecule has 0 saturated heterocycles. The number of anilines is 1. The molecule has 0 atom stereocenters. The molecule has 3 heterocycles. The second-order valence-corrected chi connectivity index (χ2v) is 8.55. The molecule has 7 heteroatoms. The van der Waals surface area contributed by atoms with Crippen molar-refractivity contribution in [1.82, 2.24) is 19.6 Å². The molecule has 0 unspecified atom stereocenters. The fourth-order valence-electron chi connectivity index (χ4n) is 3.11. The summed E-state index contributed by atoms with van der Waals surface area (Å²) in [5.74, 6) is 0.818. The number of imidazole rings is 1. The minimum absolute atomic E-state index is 0.575. The van der Waals surface area contributed by atoms with E-state index in [9.17, 15) is 0 Å². The van der Waals surface area contributed by atoms with Gasteiger partial charge < -0.3 is 9.72 Å². The van der Waals surface area contributed by atoms with E-state index in [1.165, 1.54) is 37.7 Å². The maximum absolute atomic E-state index is 4.65. The van der Waals surface area contributed by atoms with Gasteiger partial charge in [0.05, 0.1) is 5.69 Å². The van der Waals surface area contributed by atoms with Crippen molar-refractivity contribution < 1.29 is 0 Å². The van der Waals surface area contributed by atoms with Crippen LogP contribution in [-0.2, 0) is 5.75 Å². The van der Waals surface area contributed by atoms with E-state index in [4.69, 9.17) is 0 Å². The van der Waals surface area contributed by atoms with Gasteiger partial charge >= 0.3 is 0 Å². The summed E-state index contributed by atoms with van der Waals surface area (Å²) in [6.45, 7) is 2.09. The number of aromatic nitrogens is 4. The van der Waals surface area contributed by atoms with Crippen molar-refractivity contribution in [2.75, 3.05) is 5.32 Å². The van der Waals surface area contributed by atoms with Crippen LogP contribution in [0.2, 0.25) is 0 Å². The molecule has 0 spiro atoms. The Morgan fingerprint density at radius 1 is 1.21 bits per heavy atom. The van der Waals surface area contributed by atoms with Gasteiger partial charge in [-0.05, 0) is 31.4 Å². The normalized spacial score (nSPS) is 15.9. The Kier molecular flexibility index (Phi) is 4.71. The van der Waals surface area contributed by atoms with E-state index >= 15 is 0 Å². The number of nitrogens with one attached hydrogen (secondary N) is 1. The summed E-state index contributed by atoms with van der Waals surface area (Å²) >= 11 is 3.36. The molecule has 24 heavy (non-hydrogen) atoms. The van der Waals surface area contributed by atoms with Crippen molar-refractivity contribution >= 4 is 33.9 Å². The summed E-state index contributed by atoms with van der Waals surface area (Å²) in [6, 6.07) is 4.72. The Morgan fingerprint density at radius 2 is 2.08 bits per heavy atom. The number of pyridine rings is 1. The van der Waals surface area contributed by atoms with Crippen LogP contribution in [-0.4, -0.2) is 25.6 Å². The molecule has 1 aliphatic rings. The molecule has 5 nitrogen and oxygen atoms in total. The van der Waals surface area contributed by atoms with Crippen molar-refractivity contribution in [2.45, 2.75) is 55.2 Å². The zero-order valence-corrected chi connectivity index (χ0v) is 15.4. The van der Waals surface area contributed by atoms with Gasteiger partial charge in [-0.2, -0.15) is 0 Å². The zero-order chi connectivity index (χ0) is 16.4. The van der Waals surface area contributed by atoms with Gasteiger partial charge in [0.25, 0.3) is 0 Å². The molecule has 1 saturated carbocycles. The number of rotatable bonds is 5. The Morgan fingerprint density at radius 3 is 2.96 bits per heavy atom. The number of hydrogen-bond donors (Lipinski definition) is 1. The van der Waals surface area contributed by atoms with Crippen LogP contribution in [0.3, 0.4) is 0 Å². The summed E-state index contributed by atoms with van der Waals surface area (Å²) in [5.41, 5.74) is 3.30. The van der Waals surface area contributed by atoms with Crippen LogP contribution in [0.4, 0.5) is 5.13 Å². The summed E-state index contributed by atoms with van der Waals surface area (Å²) in [5, 5.41) is 13.1. The van der Waals surface area contributed by atoms with Gasteiger partial charge in [0.15, 0.2) is 4.34 Å². The van der Waals surface area contributed by atoms with Crippen LogP contribution in [0, 0.1) is 6.92 Å². The molecule has 0 aromatic carbocycles. The first kappa shape index (κ1) is 15.9. The van der Waals surface area contributed by atoms with Crippen LogP contribution < -0.4 is 5.32 Å². The monoisotopic (exact) mass is 359 g/mol. The molecule has 1 aliphatic carbocycles. The van der Waals surface area contributed by atoms with Gasteiger partial charge in [0.2, 0.25) is 5.13 Å². The summed E-state index contributed by atoms with van der Waals surface area (Å²) in [6.07, 6.45) is 10.7. The molecular weight excluding hydrogens is 338 g/mol. The maximum Gasteiger partial charge on any atom is 0.206 e. The van der Waals surface area contributed by atoms with E-state index in [-0.39, 0.29) is 0 Å². The first-order valence-electron chi connectivity index (χ1n) is 8.43. The number of aryl methyl sites for hydroxylation is 1. The van der Waals surface area contributed by atoms with Crippen LogP contribution in [0.1, 0.15) is 43.4 Å². The lowest BCUT2D eigenvalue weighted by Gasteiger charge is -2.21. The third kappa shape index (κ3) is 3.72. The first-order chi connectivity index (χ1) is 11.8. The van der Waals surface area contributed by atoms with Gasteiger partial charge in [0.1, 0.15) is 5.65 Å². The number of thioether (sulfide) groups is 1. The van der Waals surface area contributed by atoms with E-state index in [0.29, 0.717) is 6.04 Å². The SMILES string of the molecule is Cc1ccc2nc(CSc3nnc(NC4CCCCC4)s3)cn2c1. The van der Waals surface area contributed by atoms with Crippen LogP contribution in [0.25, 0.3) is 5.65 Å². The van der Waals surface area contributed by atoms with Gasteiger partial charge in [0, 0.05) is 24.2 Å². The predicted octanol–water partition coefficient (Wildman–Crippen LogP) is 4.53. The van der Waals surface area contributed by atoms with Crippen molar-refractivity contribution in [3.05, 3.63) is 35.8 Å². The lowest BCUT2D eigenvalue weighted by atomic mass is 9.96. The smallest absolute Gasteiger partial charge is 0.206 e. The first-order valence-corrected chi connectivity index (χ1v) is 10.2. The van der Waals surface area contributed by atoms with Crippen LogP contribution in [0.5, 0.6) is 0 Å². The third-order valence-corrected chi connectivity index (χ3v) is 6.35. The fourth-order valence-corrected chi connectivity index (χ4v) is 4.82. The molecule has 0 aliphatic heterocycles. The standard InChI is InChI=1S/C17H21N5S2/c1-12-7-8-15-18-14(10-22(15)9-12)11-23-17-21-20-16(24-17)19-13-5-3-2-4-6-13/h7-10,13H,2-6,11H2,1H3,(H,19,20). The molecule has 0 bridgehead atoms. The molecule has 0 amide bonds. The summed E-state index contributed by atoms with van der Waals surface area (Å²) < 4.78 is 3.09. The Hall–Kier alpha value is -1.60. The summed E-state index contributed by atoms with van der Waals surface area (Å²) in [7, 11) is 0. The minimum Gasteiger partial charge on any atom is -0.357 e. The average Bonchev–Trinajstić information content (AvgIpc) is 3.20. The molecule has 4 rings (SSSR count). The van der Waals surface area contributed by atoms with E-state index in [0.717, 1.165) is 26.6 Å². The number of hydrogen-bond acceptors (Lipinski definition) is 6. The Balaban J connectivity index is 1.36. The maximum atomic E-state index is 4.65. The molecule has 3 aromatic heterocycles. The van der Waals surface area contributed by atoms with E-state index in [1.54, 1.807) is 23.1 Å². The highest BCUT2D eigenvalue weighted by molar-refractivity contribution is 8.00. The van der Waals surface area contributed by atoms with Crippen molar-refractivity contribution in [1.29, 1.82) is 0 Å². The minimum atomic E-state index is 0.575. The van der Waals surface area contributed by atoms with Gasteiger partial charge in [-0.15, -0.1) is 10.2 Å². The Bertz CT molecular complexity index is 819. The molecule has 0 radical (unpaired) electrons. The lowest BCUT2D eigenvalue weighted by Crippen LogP contribution is -2.21. The van der Waals surface area contributed by atoms with Gasteiger partial charge in [-0.25, -0.2) is 4.98 Å². The molecular formula is C17H21N5S2. The fraction of sp³-hybridized carbons (Fsp3) is 0.471. The molecule has 126 valence electrons. The molecule has 1 N–H and O–H groups in total. The molecule has 1 fully saturated rings. The van der Waals surface area contributed by atoms with E-state index < -0.39 is 0 Å². The second-order valence-electron chi connectivity index (χ2n) is 6.35. The van der Waals surface area contributed by atoms with Crippen molar-refractivity contribution in [3.63, 3.8) is 0 Å². The largest absolute Gasteiger partial charge is 0.357 e. The van der Waals surface area contributed by atoms with E-state index in [2.05, 4.69) is 56.3 Å². The van der Waals surface area contributed by atoms with E-state index in [1.807, 2.05) is 0 Å². The lowest BCUT2D eigenvalue weighted by molar-refractivity contribution is 0.462. The molecule has 3 aromatic rings. The van der Waals surface area contributed by atoms with Crippen LogP contribution in [0.15, 0.2) is 28.9 Å². The predicted molar refractivity (Wildman–Crippen MR) is 99.9 cm³/mol. The quantitative estimate of drug-likeness (QED) is 0.678. The third-order valence-electron chi connectivity index (χ3n) is 4.33. The summed E-state index contributed by atoms with van der Waals surface area (Å²) in [4.78, 5) is 4.65. The highest BCUT2D eigenvalue weighted by atomic mass is 32.2. The van der Waals surface area contributed by atoms with Crippen LogP contribution >= 0.6 is 23.1 Å². The van der Waals surface area contributed by atoms with Crippen molar-refractivity contribution in [2.24, 2.45) is 0 Å². The topological polar surface area (TPSA) is 55.1 Å². The highest BCUT2D eigenvalue weighted by Gasteiger charge is 2.15. The van der Waals surface area contributed by atoms with Crippen molar-refractivity contribution in [3.8, 4) is 0 Å². The average molecular weight is 360 g/mol. The van der Waals surface area contributed by atoms with Gasteiger partial charge in [-0.1, -0.05) is 48.4 Å². The van der Waals surface area contributed by atoms with Gasteiger partial charge in [-0.3, -0.25) is 0 Å².